The number of aliphatic hydroxyl groups excluding tert-OH is 1. The smallest absolute Gasteiger partial charge is 0.271 e. The number of fused-ring (bicyclic) bond motifs is 1. The van der Waals surface area contributed by atoms with Gasteiger partial charge in [-0.05, 0) is 54.1 Å². The third-order valence-corrected chi connectivity index (χ3v) is 8.56. The molecule has 36 heavy (non-hydrogen) atoms. The van der Waals surface area contributed by atoms with E-state index in [0.29, 0.717) is 31.0 Å². The molecule has 2 aromatic carbocycles. The molecule has 8 nitrogen and oxygen atoms in total. The molecule has 0 amide bonds. The molecule has 0 aliphatic carbocycles. The molecule has 4 rings (SSSR count). The molecule has 0 aliphatic heterocycles. The molecule has 0 spiro atoms. The molecule has 0 unspecified atom stereocenters. The van der Waals surface area contributed by atoms with E-state index in [1.807, 2.05) is 18.3 Å². The van der Waals surface area contributed by atoms with Gasteiger partial charge >= 0.3 is 0 Å². The zero-order valence-electron chi connectivity index (χ0n) is 20.2. The van der Waals surface area contributed by atoms with Crippen molar-refractivity contribution in [2.75, 3.05) is 31.6 Å². The summed E-state index contributed by atoms with van der Waals surface area (Å²) >= 11 is 1.15. The summed E-state index contributed by atoms with van der Waals surface area (Å²) < 4.78 is 38.7. The number of aliphatic hydroxyl groups is 1. The van der Waals surface area contributed by atoms with Crippen LogP contribution in [0.2, 0.25) is 0 Å². The van der Waals surface area contributed by atoms with Crippen LogP contribution in [0.4, 0.5) is 5.69 Å². The van der Waals surface area contributed by atoms with E-state index in [1.54, 1.807) is 48.9 Å². The van der Waals surface area contributed by atoms with Gasteiger partial charge in [-0.25, -0.2) is 8.42 Å². The summed E-state index contributed by atoms with van der Waals surface area (Å²) in [6.45, 7) is 3.40. The molecular weight excluding hydrogens is 498 g/mol. The number of para-hydroxylation sites is 1. The van der Waals surface area contributed by atoms with Crippen LogP contribution in [-0.2, 0) is 21.2 Å². The minimum absolute atomic E-state index is 0.0947. The number of anilines is 1. The molecule has 2 aromatic heterocycles. The monoisotopic (exact) mass is 529 g/mol. The number of aromatic amines is 1. The van der Waals surface area contributed by atoms with Crippen molar-refractivity contribution in [2.45, 2.75) is 29.7 Å². The number of sulfonamides is 1. The van der Waals surface area contributed by atoms with Gasteiger partial charge in [0.05, 0.1) is 18.2 Å². The Kier molecular flexibility index (Phi) is 8.65. The highest BCUT2D eigenvalue weighted by Crippen LogP contribution is 2.28. The first-order valence-electron chi connectivity index (χ1n) is 11.7. The Hall–Kier alpha value is -2.89. The van der Waals surface area contributed by atoms with Gasteiger partial charge in [0.15, 0.2) is 0 Å². The lowest BCUT2D eigenvalue weighted by molar-refractivity contribution is 0.147. The molecule has 0 radical (unpaired) electrons. The van der Waals surface area contributed by atoms with Gasteiger partial charge in [-0.15, -0.1) is 11.3 Å². The fourth-order valence-electron chi connectivity index (χ4n) is 3.97. The van der Waals surface area contributed by atoms with E-state index in [2.05, 4.69) is 28.0 Å². The van der Waals surface area contributed by atoms with Crippen molar-refractivity contribution in [1.82, 2.24) is 10.3 Å². The Morgan fingerprint density at radius 2 is 1.94 bits per heavy atom. The van der Waals surface area contributed by atoms with E-state index in [9.17, 15) is 13.5 Å². The van der Waals surface area contributed by atoms with Crippen molar-refractivity contribution in [3.05, 3.63) is 77.3 Å². The van der Waals surface area contributed by atoms with Crippen LogP contribution in [0.15, 0.2) is 70.4 Å². The Morgan fingerprint density at radius 1 is 1.11 bits per heavy atom. The number of methoxy groups -OCH3 is 1. The highest BCUT2D eigenvalue weighted by molar-refractivity contribution is 7.94. The predicted octanol–water partition coefficient (Wildman–Crippen LogP) is 4.31. The Bertz CT molecular complexity index is 1370. The van der Waals surface area contributed by atoms with Crippen molar-refractivity contribution in [3.8, 4) is 5.75 Å². The lowest BCUT2D eigenvalue weighted by Gasteiger charge is -2.18. The van der Waals surface area contributed by atoms with Crippen LogP contribution in [0.5, 0.6) is 5.75 Å². The van der Waals surface area contributed by atoms with Crippen LogP contribution >= 0.6 is 11.3 Å². The van der Waals surface area contributed by atoms with Gasteiger partial charge in [-0.2, -0.15) is 0 Å². The summed E-state index contributed by atoms with van der Waals surface area (Å²) in [5.74, 6) is 0.793. The number of H-pyrrole nitrogens is 1. The normalized spacial score (nSPS) is 13.5. The van der Waals surface area contributed by atoms with Crippen LogP contribution < -0.4 is 14.8 Å². The van der Waals surface area contributed by atoms with E-state index in [-0.39, 0.29) is 10.3 Å². The molecule has 0 aliphatic rings. The van der Waals surface area contributed by atoms with Gasteiger partial charge in [0.1, 0.15) is 16.6 Å². The number of hydrogen-bond donors (Lipinski definition) is 4. The molecule has 4 N–H and O–H groups in total. The number of hydrogen-bond acceptors (Lipinski definition) is 7. The molecular formula is C26H31N3O5S2. The van der Waals surface area contributed by atoms with Gasteiger partial charge in [-0.1, -0.05) is 30.3 Å². The second-order valence-electron chi connectivity index (χ2n) is 8.53. The molecule has 192 valence electrons. The molecule has 2 atom stereocenters. The first-order chi connectivity index (χ1) is 17.4. The third kappa shape index (κ3) is 6.45. The van der Waals surface area contributed by atoms with Gasteiger partial charge in [0, 0.05) is 37.0 Å². The minimum Gasteiger partial charge on any atom is -0.489 e. The van der Waals surface area contributed by atoms with Crippen molar-refractivity contribution >= 4 is 38.0 Å². The maximum atomic E-state index is 12.5. The van der Waals surface area contributed by atoms with Crippen molar-refractivity contribution in [2.24, 2.45) is 0 Å². The minimum atomic E-state index is -3.64. The second kappa shape index (κ2) is 11.9. The van der Waals surface area contributed by atoms with Gasteiger partial charge in [0.2, 0.25) is 0 Å². The number of thiophene rings is 1. The Labute approximate surface area is 215 Å². The van der Waals surface area contributed by atoms with Crippen LogP contribution in [0.25, 0.3) is 10.9 Å². The average molecular weight is 530 g/mol. The molecule has 4 aromatic rings. The molecule has 10 heteroatoms. The summed E-state index contributed by atoms with van der Waals surface area (Å²) in [7, 11) is -2.00. The number of ether oxygens (including phenoxy) is 2. The summed E-state index contributed by atoms with van der Waals surface area (Å²) in [5, 5.41) is 16.9. The van der Waals surface area contributed by atoms with Crippen LogP contribution in [0.1, 0.15) is 24.2 Å². The fraction of sp³-hybridized carbons (Fsp3) is 0.308. The van der Waals surface area contributed by atoms with Crippen molar-refractivity contribution < 1.29 is 23.0 Å². The largest absolute Gasteiger partial charge is 0.489 e. The van der Waals surface area contributed by atoms with Gasteiger partial charge in [0.25, 0.3) is 10.0 Å². The maximum Gasteiger partial charge on any atom is 0.271 e. The lowest BCUT2D eigenvalue weighted by atomic mass is 10.0. The molecule has 0 saturated heterocycles. The fourth-order valence-corrected chi connectivity index (χ4v) is 6.02. The van der Waals surface area contributed by atoms with E-state index in [4.69, 9.17) is 9.47 Å². The van der Waals surface area contributed by atoms with Crippen molar-refractivity contribution in [1.29, 1.82) is 0 Å². The maximum absolute atomic E-state index is 12.5. The predicted molar refractivity (Wildman–Crippen MR) is 143 cm³/mol. The molecule has 0 fully saturated rings. The highest BCUT2D eigenvalue weighted by atomic mass is 32.2. The van der Waals surface area contributed by atoms with E-state index >= 15 is 0 Å². The summed E-state index contributed by atoms with van der Waals surface area (Å²) in [4.78, 5) is 3.32. The molecule has 0 bridgehead atoms. The second-order valence-corrected chi connectivity index (χ2v) is 11.4. The van der Waals surface area contributed by atoms with E-state index < -0.39 is 16.1 Å². The number of benzene rings is 2. The number of rotatable bonds is 13. The SMILES string of the molecule is COCCOc1cccc2c(C[C@@H](C)NC[C@H](O)c3cccc(NS(=O)(=O)c4cccs4)c3)c[nH]c12. The summed E-state index contributed by atoms with van der Waals surface area (Å²) in [5.41, 5.74) is 3.15. The van der Waals surface area contributed by atoms with Gasteiger partial charge in [-0.3, -0.25) is 4.72 Å². The molecule has 0 saturated carbocycles. The van der Waals surface area contributed by atoms with Gasteiger partial charge < -0.3 is 24.9 Å². The lowest BCUT2D eigenvalue weighted by Crippen LogP contribution is -2.32. The third-order valence-electron chi connectivity index (χ3n) is 5.78. The first-order valence-corrected chi connectivity index (χ1v) is 14.0. The van der Waals surface area contributed by atoms with E-state index in [0.717, 1.165) is 40.0 Å². The van der Waals surface area contributed by atoms with Crippen LogP contribution in [0.3, 0.4) is 0 Å². The topological polar surface area (TPSA) is 113 Å². The highest BCUT2D eigenvalue weighted by Gasteiger charge is 2.17. The number of nitrogens with one attached hydrogen (secondary N) is 3. The first kappa shape index (κ1) is 26.2. The van der Waals surface area contributed by atoms with Crippen LogP contribution in [0, 0.1) is 0 Å². The standard InChI is InChI=1S/C26H31N3O5S2/c1-18(14-20-16-28-26-22(20)8-4-9-24(26)34-12-11-33-2)27-17-23(30)19-6-3-7-21(15-19)29-36(31,32)25-10-5-13-35-25/h3-10,13,15-16,18,23,27-30H,11-12,14,17H2,1-2H3/t18-,23+/m1/s1. The quantitative estimate of drug-likeness (QED) is 0.192. The molecule has 2 heterocycles. The van der Waals surface area contributed by atoms with Crippen molar-refractivity contribution in [3.63, 3.8) is 0 Å². The average Bonchev–Trinajstić information content (AvgIpc) is 3.54. The van der Waals surface area contributed by atoms with Crippen LogP contribution in [-0.4, -0.2) is 51.4 Å². The van der Waals surface area contributed by atoms with E-state index in [1.165, 1.54) is 0 Å². The zero-order chi connectivity index (χ0) is 25.5. The Morgan fingerprint density at radius 3 is 2.72 bits per heavy atom. The number of aromatic nitrogens is 1. The summed E-state index contributed by atoms with van der Waals surface area (Å²) in [6.07, 6.45) is 1.96. The Balaban J connectivity index is 1.35. The summed E-state index contributed by atoms with van der Waals surface area (Å²) in [6, 6.07) is 16.2. The zero-order valence-corrected chi connectivity index (χ0v) is 21.9.